The first-order chi connectivity index (χ1) is 6.20. The van der Waals surface area contributed by atoms with E-state index in [2.05, 4.69) is 10.7 Å². The van der Waals surface area contributed by atoms with Crippen LogP contribution in [0.4, 0.5) is 0 Å². The lowest BCUT2D eigenvalue weighted by Gasteiger charge is -2.03. The van der Waals surface area contributed by atoms with E-state index in [9.17, 15) is 4.79 Å². The number of esters is 1. The summed E-state index contributed by atoms with van der Waals surface area (Å²) in [6.07, 6.45) is 5.28. The summed E-state index contributed by atoms with van der Waals surface area (Å²) in [5.74, 6) is 2.23. The molecule has 1 aromatic rings. The molecular weight excluding hydrogens is 184 g/mol. The minimum atomic E-state index is -0.313. The van der Waals surface area contributed by atoms with E-state index in [-0.39, 0.29) is 11.9 Å². The monoisotopic (exact) mass is 194 g/mol. The molecule has 1 heterocycles. The molecule has 0 fully saturated rings. The summed E-state index contributed by atoms with van der Waals surface area (Å²) >= 11 is 1.36. The minimum Gasteiger partial charge on any atom is -0.465 e. The summed E-state index contributed by atoms with van der Waals surface area (Å²) in [6, 6.07) is 1.86. The number of carbonyl (C=O) groups is 1. The third-order valence-corrected chi connectivity index (χ3v) is 2.69. The second kappa shape index (κ2) is 4.11. The first-order valence-corrected chi connectivity index (χ1v) is 4.70. The van der Waals surface area contributed by atoms with Crippen LogP contribution in [0.25, 0.3) is 0 Å². The van der Waals surface area contributed by atoms with Gasteiger partial charge in [0.2, 0.25) is 0 Å². The third-order valence-electron chi connectivity index (χ3n) is 1.78. The summed E-state index contributed by atoms with van der Waals surface area (Å²) in [6.45, 7) is 1.88. The molecule has 0 saturated carbocycles. The maximum absolute atomic E-state index is 11.2. The molecule has 0 N–H and O–H groups in total. The Bertz CT molecular complexity index is 346. The van der Waals surface area contributed by atoms with Crippen LogP contribution in [-0.4, -0.2) is 13.1 Å². The smallest absolute Gasteiger partial charge is 0.348 e. The highest BCUT2D eigenvalue weighted by atomic mass is 32.1. The van der Waals surface area contributed by atoms with Crippen molar-refractivity contribution >= 4 is 17.3 Å². The van der Waals surface area contributed by atoms with E-state index in [0.29, 0.717) is 4.88 Å². The molecule has 0 saturated heterocycles. The van der Waals surface area contributed by atoms with Gasteiger partial charge in [-0.05, 0) is 23.9 Å². The first-order valence-electron chi connectivity index (χ1n) is 3.82. The molecule has 1 unspecified atom stereocenters. The standard InChI is InChI=1S/C10H10O2S/c1-4-7(2)8-5-6-13-9(8)10(11)12-3/h1,5-7H,2-3H3. The Morgan fingerprint density at radius 3 is 3.00 bits per heavy atom. The van der Waals surface area contributed by atoms with Crippen LogP contribution in [0.3, 0.4) is 0 Å². The molecule has 3 heteroatoms. The number of terminal acetylenes is 1. The predicted octanol–water partition coefficient (Wildman–Crippen LogP) is 2.27. The van der Waals surface area contributed by atoms with E-state index in [1.165, 1.54) is 18.4 Å². The van der Waals surface area contributed by atoms with Gasteiger partial charge in [-0.1, -0.05) is 5.92 Å². The van der Waals surface area contributed by atoms with Crippen LogP contribution < -0.4 is 0 Å². The summed E-state index contributed by atoms with van der Waals surface area (Å²) in [4.78, 5) is 11.8. The normalized spacial score (nSPS) is 11.8. The number of methoxy groups -OCH3 is 1. The lowest BCUT2D eigenvalue weighted by Crippen LogP contribution is -2.03. The van der Waals surface area contributed by atoms with Crippen molar-refractivity contribution in [2.45, 2.75) is 12.8 Å². The van der Waals surface area contributed by atoms with E-state index in [1.807, 2.05) is 18.4 Å². The van der Waals surface area contributed by atoms with Gasteiger partial charge in [0, 0.05) is 5.92 Å². The van der Waals surface area contributed by atoms with Gasteiger partial charge < -0.3 is 4.74 Å². The van der Waals surface area contributed by atoms with Crippen molar-refractivity contribution < 1.29 is 9.53 Å². The number of thiophene rings is 1. The van der Waals surface area contributed by atoms with Crippen molar-refractivity contribution in [2.24, 2.45) is 0 Å². The summed E-state index contributed by atoms with van der Waals surface area (Å²) in [5.41, 5.74) is 0.874. The van der Waals surface area contributed by atoms with Crippen LogP contribution in [0.5, 0.6) is 0 Å². The number of hydrogen-bond acceptors (Lipinski definition) is 3. The highest BCUT2D eigenvalue weighted by Crippen LogP contribution is 2.24. The van der Waals surface area contributed by atoms with E-state index in [0.717, 1.165) is 5.56 Å². The van der Waals surface area contributed by atoms with Gasteiger partial charge in [-0.3, -0.25) is 0 Å². The van der Waals surface area contributed by atoms with Crippen molar-refractivity contribution in [3.05, 3.63) is 21.9 Å². The molecule has 0 spiro atoms. The first kappa shape index (κ1) is 9.82. The molecular formula is C10H10O2S. The second-order valence-corrected chi connectivity index (χ2v) is 3.50. The van der Waals surface area contributed by atoms with E-state index in [1.54, 1.807) is 0 Å². The molecule has 68 valence electrons. The van der Waals surface area contributed by atoms with E-state index >= 15 is 0 Å². The van der Waals surface area contributed by atoms with Gasteiger partial charge >= 0.3 is 5.97 Å². The third kappa shape index (κ3) is 1.90. The zero-order chi connectivity index (χ0) is 9.84. The van der Waals surface area contributed by atoms with Gasteiger partial charge in [0.1, 0.15) is 4.88 Å². The Morgan fingerprint density at radius 1 is 1.77 bits per heavy atom. The molecule has 2 nitrogen and oxygen atoms in total. The van der Waals surface area contributed by atoms with Gasteiger partial charge in [0.25, 0.3) is 0 Å². The van der Waals surface area contributed by atoms with Crippen molar-refractivity contribution in [2.75, 3.05) is 7.11 Å². The lowest BCUT2D eigenvalue weighted by atomic mass is 10.0. The van der Waals surface area contributed by atoms with Crippen molar-refractivity contribution in [3.8, 4) is 12.3 Å². The summed E-state index contributed by atoms with van der Waals surface area (Å²) in [7, 11) is 1.37. The van der Waals surface area contributed by atoms with Crippen LogP contribution in [0, 0.1) is 12.3 Å². The average molecular weight is 194 g/mol. The molecule has 0 aliphatic rings. The zero-order valence-corrected chi connectivity index (χ0v) is 8.35. The highest BCUT2D eigenvalue weighted by molar-refractivity contribution is 7.12. The van der Waals surface area contributed by atoms with Crippen molar-refractivity contribution in [1.29, 1.82) is 0 Å². The quantitative estimate of drug-likeness (QED) is 0.533. The van der Waals surface area contributed by atoms with Gasteiger partial charge in [-0.15, -0.1) is 17.8 Å². The van der Waals surface area contributed by atoms with Crippen LogP contribution in [0.15, 0.2) is 11.4 Å². The largest absolute Gasteiger partial charge is 0.465 e. The van der Waals surface area contributed by atoms with Gasteiger partial charge in [0.15, 0.2) is 0 Å². The number of carbonyl (C=O) groups excluding carboxylic acids is 1. The Balaban J connectivity index is 3.04. The molecule has 0 aliphatic carbocycles. The molecule has 0 radical (unpaired) electrons. The fraction of sp³-hybridized carbons (Fsp3) is 0.300. The topological polar surface area (TPSA) is 26.3 Å². The Morgan fingerprint density at radius 2 is 2.46 bits per heavy atom. The summed E-state index contributed by atoms with van der Waals surface area (Å²) in [5, 5.41) is 1.84. The molecule has 0 amide bonds. The molecule has 1 aromatic heterocycles. The molecule has 0 aromatic carbocycles. The van der Waals surface area contributed by atoms with Crippen LogP contribution in [-0.2, 0) is 4.74 Å². The molecule has 0 aliphatic heterocycles. The van der Waals surface area contributed by atoms with Crippen molar-refractivity contribution in [3.63, 3.8) is 0 Å². The summed E-state index contributed by atoms with van der Waals surface area (Å²) < 4.78 is 4.63. The minimum absolute atomic E-state index is 0.0413. The van der Waals surface area contributed by atoms with E-state index < -0.39 is 0 Å². The van der Waals surface area contributed by atoms with Gasteiger partial charge in [-0.25, -0.2) is 4.79 Å². The fourth-order valence-corrected chi connectivity index (χ4v) is 1.92. The van der Waals surface area contributed by atoms with Crippen molar-refractivity contribution in [1.82, 2.24) is 0 Å². The Kier molecular flexibility index (Phi) is 3.10. The number of hydrogen-bond donors (Lipinski definition) is 0. The Labute approximate surface area is 81.5 Å². The zero-order valence-electron chi connectivity index (χ0n) is 7.53. The molecule has 13 heavy (non-hydrogen) atoms. The highest BCUT2D eigenvalue weighted by Gasteiger charge is 2.16. The SMILES string of the molecule is C#CC(C)c1ccsc1C(=O)OC. The fourth-order valence-electron chi connectivity index (χ4n) is 1.01. The predicted molar refractivity (Wildman–Crippen MR) is 52.9 cm³/mol. The molecule has 0 bridgehead atoms. The maximum atomic E-state index is 11.2. The van der Waals surface area contributed by atoms with E-state index in [4.69, 9.17) is 6.42 Å². The Hall–Kier alpha value is -1.27. The van der Waals surface area contributed by atoms with Crippen LogP contribution >= 0.6 is 11.3 Å². The van der Waals surface area contributed by atoms with Crippen LogP contribution in [0.2, 0.25) is 0 Å². The van der Waals surface area contributed by atoms with Crippen LogP contribution in [0.1, 0.15) is 28.1 Å². The molecule has 1 rings (SSSR count). The lowest BCUT2D eigenvalue weighted by molar-refractivity contribution is 0.0605. The van der Waals surface area contributed by atoms with Gasteiger partial charge in [-0.2, -0.15) is 0 Å². The molecule has 1 atom stereocenters. The number of ether oxygens (including phenoxy) is 1. The number of rotatable bonds is 2. The second-order valence-electron chi connectivity index (χ2n) is 2.59. The maximum Gasteiger partial charge on any atom is 0.348 e. The average Bonchev–Trinajstić information content (AvgIpc) is 2.63. The van der Waals surface area contributed by atoms with Gasteiger partial charge in [0.05, 0.1) is 7.11 Å².